The molecule has 0 radical (unpaired) electrons. The molecule has 0 bridgehead atoms. The van der Waals surface area contributed by atoms with Crippen molar-refractivity contribution in [1.82, 2.24) is 5.32 Å². The average Bonchev–Trinajstić information content (AvgIpc) is 3.03. The lowest BCUT2D eigenvalue weighted by atomic mass is 9.97. The SMILES string of the molecule is Cc1ccc(C(=O)c2ccccc2C2=NCCN2)cc1Br. The van der Waals surface area contributed by atoms with Crippen molar-refractivity contribution in [1.29, 1.82) is 0 Å². The molecule has 1 N–H and O–H groups in total. The van der Waals surface area contributed by atoms with E-state index in [9.17, 15) is 4.79 Å². The van der Waals surface area contributed by atoms with E-state index in [4.69, 9.17) is 0 Å². The first-order valence-electron chi connectivity index (χ1n) is 6.85. The maximum Gasteiger partial charge on any atom is 0.193 e. The van der Waals surface area contributed by atoms with Gasteiger partial charge in [-0.2, -0.15) is 0 Å². The quantitative estimate of drug-likeness (QED) is 0.869. The van der Waals surface area contributed by atoms with Gasteiger partial charge in [0.1, 0.15) is 5.84 Å². The van der Waals surface area contributed by atoms with Gasteiger partial charge in [0.15, 0.2) is 5.78 Å². The minimum atomic E-state index is 0.0164. The van der Waals surface area contributed by atoms with Gasteiger partial charge >= 0.3 is 0 Å². The lowest BCUT2D eigenvalue weighted by molar-refractivity contribution is 0.103. The second-order valence-corrected chi connectivity index (χ2v) is 5.85. The second kappa shape index (κ2) is 5.82. The average molecular weight is 343 g/mol. The van der Waals surface area contributed by atoms with Gasteiger partial charge in [-0.1, -0.05) is 52.3 Å². The maximum atomic E-state index is 12.8. The Hall–Kier alpha value is -1.94. The van der Waals surface area contributed by atoms with E-state index in [0.717, 1.165) is 34.5 Å². The molecule has 2 aromatic rings. The number of benzene rings is 2. The van der Waals surface area contributed by atoms with Crippen LogP contribution in [0.3, 0.4) is 0 Å². The summed E-state index contributed by atoms with van der Waals surface area (Å²) in [6, 6.07) is 13.3. The first-order valence-corrected chi connectivity index (χ1v) is 7.64. The molecule has 0 spiro atoms. The van der Waals surface area contributed by atoms with Gasteiger partial charge < -0.3 is 5.32 Å². The van der Waals surface area contributed by atoms with E-state index in [1.807, 2.05) is 49.4 Å². The Balaban J connectivity index is 2.03. The third-order valence-electron chi connectivity index (χ3n) is 3.53. The van der Waals surface area contributed by atoms with Crippen molar-refractivity contribution in [3.8, 4) is 0 Å². The summed E-state index contributed by atoms with van der Waals surface area (Å²) in [7, 11) is 0. The zero-order valence-electron chi connectivity index (χ0n) is 11.7. The second-order valence-electron chi connectivity index (χ2n) is 5.00. The van der Waals surface area contributed by atoms with Crippen molar-refractivity contribution in [2.45, 2.75) is 6.92 Å². The fourth-order valence-corrected chi connectivity index (χ4v) is 2.73. The Kier molecular flexibility index (Phi) is 3.88. The van der Waals surface area contributed by atoms with E-state index in [1.54, 1.807) is 0 Å². The molecule has 0 amide bonds. The summed E-state index contributed by atoms with van der Waals surface area (Å²) >= 11 is 3.48. The van der Waals surface area contributed by atoms with Crippen LogP contribution in [-0.4, -0.2) is 24.7 Å². The normalized spacial score (nSPS) is 13.7. The molecule has 0 saturated carbocycles. The lowest BCUT2D eigenvalue weighted by Crippen LogP contribution is -2.22. The zero-order valence-corrected chi connectivity index (χ0v) is 13.3. The number of carbonyl (C=O) groups excluding carboxylic acids is 1. The third kappa shape index (κ3) is 2.76. The minimum absolute atomic E-state index is 0.0164. The van der Waals surface area contributed by atoms with E-state index >= 15 is 0 Å². The molecule has 106 valence electrons. The van der Waals surface area contributed by atoms with Gasteiger partial charge in [-0.15, -0.1) is 0 Å². The number of ketones is 1. The lowest BCUT2D eigenvalue weighted by Gasteiger charge is -2.10. The van der Waals surface area contributed by atoms with E-state index in [1.165, 1.54) is 0 Å². The van der Waals surface area contributed by atoms with Gasteiger partial charge in [0.05, 0.1) is 6.54 Å². The van der Waals surface area contributed by atoms with Crippen molar-refractivity contribution < 1.29 is 4.79 Å². The number of nitrogens with one attached hydrogen (secondary N) is 1. The summed E-state index contributed by atoms with van der Waals surface area (Å²) in [4.78, 5) is 17.2. The van der Waals surface area contributed by atoms with Crippen LogP contribution in [0.15, 0.2) is 51.9 Å². The molecule has 0 unspecified atom stereocenters. The monoisotopic (exact) mass is 342 g/mol. The fraction of sp³-hybridized carbons (Fsp3) is 0.176. The summed E-state index contributed by atoms with van der Waals surface area (Å²) in [5, 5.41) is 3.23. The van der Waals surface area contributed by atoms with Gasteiger partial charge in [0.25, 0.3) is 0 Å². The summed E-state index contributed by atoms with van der Waals surface area (Å²) in [5.74, 6) is 0.827. The number of nitrogens with zero attached hydrogens (tertiary/aromatic N) is 1. The van der Waals surface area contributed by atoms with Crippen molar-refractivity contribution in [3.05, 3.63) is 69.2 Å². The number of hydrogen-bond donors (Lipinski definition) is 1. The Morgan fingerprint density at radius 2 is 2.05 bits per heavy atom. The number of aliphatic imine (C=N–C) groups is 1. The number of amidine groups is 1. The molecule has 1 aliphatic heterocycles. The minimum Gasteiger partial charge on any atom is -0.368 e. The number of aryl methyl sites for hydroxylation is 1. The summed E-state index contributed by atoms with van der Waals surface area (Å²) in [6.07, 6.45) is 0. The molecule has 0 fully saturated rings. The largest absolute Gasteiger partial charge is 0.368 e. The molecule has 3 rings (SSSR count). The number of halogens is 1. The summed E-state index contributed by atoms with van der Waals surface area (Å²) in [5.41, 5.74) is 3.35. The highest BCUT2D eigenvalue weighted by Gasteiger charge is 2.18. The van der Waals surface area contributed by atoms with E-state index in [2.05, 4.69) is 26.2 Å². The maximum absolute atomic E-state index is 12.8. The topological polar surface area (TPSA) is 41.5 Å². The summed E-state index contributed by atoms with van der Waals surface area (Å²) < 4.78 is 0.946. The van der Waals surface area contributed by atoms with Gasteiger partial charge in [0.2, 0.25) is 0 Å². The highest BCUT2D eigenvalue weighted by Crippen LogP contribution is 2.21. The molecule has 1 heterocycles. The van der Waals surface area contributed by atoms with E-state index < -0.39 is 0 Å². The van der Waals surface area contributed by atoms with Crippen LogP contribution >= 0.6 is 15.9 Å². The van der Waals surface area contributed by atoms with Crippen molar-refractivity contribution in [3.63, 3.8) is 0 Å². The number of rotatable bonds is 3. The van der Waals surface area contributed by atoms with Gasteiger partial charge in [0, 0.05) is 27.7 Å². The van der Waals surface area contributed by atoms with Crippen LogP contribution in [0.4, 0.5) is 0 Å². The first kappa shape index (κ1) is 14.0. The molecule has 3 nitrogen and oxygen atoms in total. The molecule has 0 saturated heterocycles. The van der Waals surface area contributed by atoms with Gasteiger partial charge in [-0.25, -0.2) is 0 Å². The molecular formula is C17H15BrN2O. The highest BCUT2D eigenvalue weighted by molar-refractivity contribution is 9.10. The molecule has 0 aliphatic carbocycles. The Morgan fingerprint density at radius 3 is 2.76 bits per heavy atom. The van der Waals surface area contributed by atoms with Gasteiger partial charge in [-0.05, 0) is 18.6 Å². The van der Waals surface area contributed by atoms with Crippen molar-refractivity contribution in [2.24, 2.45) is 4.99 Å². The molecule has 0 aromatic heterocycles. The molecule has 2 aromatic carbocycles. The van der Waals surface area contributed by atoms with Crippen LogP contribution < -0.4 is 5.32 Å². The smallest absolute Gasteiger partial charge is 0.193 e. The highest BCUT2D eigenvalue weighted by atomic mass is 79.9. The van der Waals surface area contributed by atoms with Crippen LogP contribution in [-0.2, 0) is 0 Å². The Morgan fingerprint density at radius 1 is 1.24 bits per heavy atom. The Bertz CT molecular complexity index is 737. The van der Waals surface area contributed by atoms with Crippen molar-refractivity contribution >= 4 is 27.5 Å². The summed E-state index contributed by atoms with van der Waals surface area (Å²) in [6.45, 7) is 3.59. The van der Waals surface area contributed by atoms with E-state index in [0.29, 0.717) is 11.1 Å². The fourth-order valence-electron chi connectivity index (χ4n) is 2.36. The standard InChI is InChI=1S/C17H15BrN2O/c1-11-6-7-12(10-15(11)18)16(21)13-4-2-3-5-14(13)17-19-8-9-20-17/h2-7,10H,8-9H2,1H3,(H,19,20). The zero-order chi connectivity index (χ0) is 14.8. The first-order chi connectivity index (χ1) is 10.2. The number of carbonyl (C=O) groups is 1. The van der Waals surface area contributed by atoms with Gasteiger partial charge in [-0.3, -0.25) is 9.79 Å². The van der Waals surface area contributed by atoms with Crippen LogP contribution in [0.1, 0.15) is 27.0 Å². The van der Waals surface area contributed by atoms with Crippen LogP contribution in [0.5, 0.6) is 0 Å². The van der Waals surface area contributed by atoms with Crippen LogP contribution in [0, 0.1) is 6.92 Å². The third-order valence-corrected chi connectivity index (χ3v) is 4.39. The molecule has 4 heteroatoms. The molecule has 0 atom stereocenters. The van der Waals surface area contributed by atoms with E-state index in [-0.39, 0.29) is 5.78 Å². The van der Waals surface area contributed by atoms with Crippen LogP contribution in [0.25, 0.3) is 0 Å². The number of hydrogen-bond acceptors (Lipinski definition) is 3. The predicted octanol–water partition coefficient (Wildman–Crippen LogP) is 3.34. The van der Waals surface area contributed by atoms with Crippen molar-refractivity contribution in [2.75, 3.05) is 13.1 Å². The van der Waals surface area contributed by atoms with Crippen LogP contribution in [0.2, 0.25) is 0 Å². The molecular weight excluding hydrogens is 328 g/mol. The predicted molar refractivity (Wildman–Crippen MR) is 88.2 cm³/mol. The molecule has 21 heavy (non-hydrogen) atoms. The Labute approximate surface area is 132 Å². The molecule has 1 aliphatic rings.